The number of likely N-dealkylation sites (tertiary alicyclic amines) is 1. The van der Waals surface area contributed by atoms with Gasteiger partial charge in [-0.3, -0.25) is 4.79 Å². The van der Waals surface area contributed by atoms with Crippen molar-refractivity contribution in [3.05, 3.63) is 17.5 Å². The van der Waals surface area contributed by atoms with Crippen LogP contribution in [0.3, 0.4) is 0 Å². The maximum Gasteiger partial charge on any atom is 0.276 e. The highest BCUT2D eigenvalue weighted by molar-refractivity contribution is 5.93. The van der Waals surface area contributed by atoms with E-state index >= 15 is 0 Å². The Morgan fingerprint density at radius 2 is 2.56 bits per heavy atom. The zero-order valence-electron chi connectivity index (χ0n) is 9.27. The molecule has 0 aromatic carbocycles. The van der Waals surface area contributed by atoms with Gasteiger partial charge < -0.3 is 14.7 Å². The maximum absolute atomic E-state index is 12.1. The number of hydrogen-bond acceptors (Lipinski definition) is 4. The number of nitrogens with zero attached hydrogens (tertiary/aromatic N) is 2. The third-order valence-corrected chi connectivity index (χ3v) is 3.53. The number of carbonyl (C=O) groups excluding carboxylic acids is 1. The predicted octanol–water partition coefficient (Wildman–Crippen LogP) is 0.417. The quantitative estimate of drug-likeness (QED) is 0.746. The van der Waals surface area contributed by atoms with Crippen LogP contribution >= 0.6 is 0 Å². The molecule has 3 heterocycles. The summed E-state index contributed by atoms with van der Waals surface area (Å²) in [5.74, 6) is 1.36. The molecule has 0 spiro atoms. The van der Waals surface area contributed by atoms with Gasteiger partial charge in [-0.15, -0.1) is 0 Å². The van der Waals surface area contributed by atoms with Gasteiger partial charge in [0.2, 0.25) is 0 Å². The summed E-state index contributed by atoms with van der Waals surface area (Å²) in [5, 5.41) is 7.09. The minimum atomic E-state index is 0.00167. The largest absolute Gasteiger partial charge is 0.361 e. The van der Waals surface area contributed by atoms with Gasteiger partial charge >= 0.3 is 0 Å². The van der Waals surface area contributed by atoms with Crippen LogP contribution in [0.15, 0.2) is 10.6 Å². The van der Waals surface area contributed by atoms with Crippen molar-refractivity contribution in [3.8, 4) is 0 Å². The number of aromatic nitrogens is 1. The van der Waals surface area contributed by atoms with E-state index < -0.39 is 0 Å². The van der Waals surface area contributed by atoms with E-state index in [1.807, 2.05) is 4.90 Å². The first kappa shape index (κ1) is 9.84. The predicted molar refractivity (Wildman–Crippen MR) is 57.0 cm³/mol. The number of fused-ring (bicyclic) bond motifs is 1. The van der Waals surface area contributed by atoms with E-state index in [2.05, 4.69) is 10.5 Å². The molecule has 1 amide bonds. The van der Waals surface area contributed by atoms with Gasteiger partial charge in [0, 0.05) is 25.2 Å². The van der Waals surface area contributed by atoms with Crippen molar-refractivity contribution in [1.29, 1.82) is 0 Å². The second-order valence-corrected chi connectivity index (χ2v) is 4.60. The van der Waals surface area contributed by atoms with E-state index in [1.54, 1.807) is 13.0 Å². The van der Waals surface area contributed by atoms with Gasteiger partial charge in [-0.2, -0.15) is 0 Å². The Kier molecular flexibility index (Phi) is 2.21. The Bertz CT molecular complexity index is 415. The molecule has 2 atom stereocenters. The van der Waals surface area contributed by atoms with Gasteiger partial charge in [0.15, 0.2) is 5.69 Å². The molecule has 2 aliphatic rings. The summed E-state index contributed by atoms with van der Waals surface area (Å²) in [6.07, 6.45) is 1.17. The molecule has 1 aromatic heterocycles. The standard InChI is InChI=1S/C11H15N3O2/c1-7-4-9(13-16-7)11(15)14-6-8-2-3-12-5-10(8)14/h4,8,10,12H,2-3,5-6H2,1H3. The fourth-order valence-electron chi connectivity index (χ4n) is 2.57. The Labute approximate surface area is 93.8 Å². The lowest BCUT2D eigenvalue weighted by atomic mass is 9.83. The molecule has 2 unspecified atom stereocenters. The minimum Gasteiger partial charge on any atom is -0.361 e. The van der Waals surface area contributed by atoms with Crippen LogP contribution in [0.2, 0.25) is 0 Å². The van der Waals surface area contributed by atoms with E-state index in [1.165, 1.54) is 6.42 Å². The zero-order valence-corrected chi connectivity index (χ0v) is 9.27. The topological polar surface area (TPSA) is 58.4 Å². The Hall–Kier alpha value is -1.36. The third kappa shape index (κ3) is 1.43. The van der Waals surface area contributed by atoms with E-state index in [-0.39, 0.29) is 5.91 Å². The van der Waals surface area contributed by atoms with Crippen LogP contribution in [0.25, 0.3) is 0 Å². The summed E-state index contributed by atoms with van der Waals surface area (Å²) in [5.41, 5.74) is 0.432. The first-order valence-electron chi connectivity index (χ1n) is 5.70. The van der Waals surface area contributed by atoms with Crippen molar-refractivity contribution in [2.75, 3.05) is 19.6 Å². The lowest BCUT2D eigenvalue weighted by Crippen LogP contribution is -2.65. The van der Waals surface area contributed by atoms with E-state index in [9.17, 15) is 4.79 Å². The number of piperidine rings is 1. The van der Waals surface area contributed by atoms with Crippen molar-refractivity contribution in [3.63, 3.8) is 0 Å². The SMILES string of the molecule is Cc1cc(C(=O)N2CC3CCNCC32)no1. The van der Waals surface area contributed by atoms with E-state index in [0.29, 0.717) is 23.4 Å². The van der Waals surface area contributed by atoms with Gasteiger partial charge in [-0.05, 0) is 25.8 Å². The molecule has 5 nitrogen and oxygen atoms in total. The summed E-state index contributed by atoms with van der Waals surface area (Å²) < 4.78 is 4.93. The Morgan fingerprint density at radius 1 is 1.69 bits per heavy atom. The molecular weight excluding hydrogens is 206 g/mol. The molecule has 2 aliphatic heterocycles. The van der Waals surface area contributed by atoms with Gasteiger partial charge in [0.05, 0.1) is 0 Å². The van der Waals surface area contributed by atoms with E-state index in [4.69, 9.17) is 4.52 Å². The minimum absolute atomic E-state index is 0.00167. The first-order chi connectivity index (χ1) is 7.75. The molecule has 0 radical (unpaired) electrons. The first-order valence-corrected chi connectivity index (χ1v) is 5.70. The zero-order chi connectivity index (χ0) is 11.1. The average molecular weight is 221 g/mol. The van der Waals surface area contributed by atoms with Gasteiger partial charge in [-0.1, -0.05) is 5.16 Å². The third-order valence-electron chi connectivity index (χ3n) is 3.53. The fourth-order valence-corrected chi connectivity index (χ4v) is 2.57. The van der Waals surface area contributed by atoms with Crippen molar-refractivity contribution in [2.24, 2.45) is 5.92 Å². The lowest BCUT2D eigenvalue weighted by molar-refractivity contribution is 0.00204. The van der Waals surface area contributed by atoms with Gasteiger partial charge in [-0.25, -0.2) is 0 Å². The van der Waals surface area contributed by atoms with Crippen molar-refractivity contribution >= 4 is 5.91 Å². The normalized spacial score (nSPS) is 28.4. The van der Waals surface area contributed by atoms with Gasteiger partial charge in [0.1, 0.15) is 5.76 Å². The van der Waals surface area contributed by atoms with E-state index in [0.717, 1.165) is 19.6 Å². The molecule has 1 aromatic rings. The number of amides is 1. The van der Waals surface area contributed by atoms with Crippen molar-refractivity contribution in [1.82, 2.24) is 15.4 Å². The second kappa shape index (κ2) is 3.59. The molecule has 1 N–H and O–H groups in total. The average Bonchev–Trinajstić information content (AvgIpc) is 2.67. The summed E-state index contributed by atoms with van der Waals surface area (Å²) in [6.45, 7) is 4.65. The molecule has 86 valence electrons. The monoisotopic (exact) mass is 221 g/mol. The smallest absolute Gasteiger partial charge is 0.276 e. The highest BCUT2D eigenvalue weighted by atomic mass is 16.5. The van der Waals surface area contributed by atoms with Crippen LogP contribution in [-0.4, -0.2) is 41.6 Å². The molecule has 2 saturated heterocycles. The number of carbonyl (C=O) groups is 1. The van der Waals surface area contributed by atoms with Crippen LogP contribution in [-0.2, 0) is 0 Å². The summed E-state index contributed by atoms with van der Waals surface area (Å²) >= 11 is 0. The summed E-state index contributed by atoms with van der Waals surface area (Å²) in [7, 11) is 0. The second-order valence-electron chi connectivity index (χ2n) is 4.60. The summed E-state index contributed by atoms with van der Waals surface area (Å²) in [4.78, 5) is 14.0. The van der Waals surface area contributed by atoms with Crippen LogP contribution in [0, 0.1) is 12.8 Å². The molecule has 3 rings (SSSR count). The molecular formula is C11H15N3O2. The van der Waals surface area contributed by atoms with Crippen LogP contribution in [0.5, 0.6) is 0 Å². The summed E-state index contributed by atoms with van der Waals surface area (Å²) in [6, 6.07) is 2.06. The number of aryl methyl sites for hydroxylation is 1. The van der Waals surface area contributed by atoms with Crippen molar-refractivity contribution < 1.29 is 9.32 Å². The van der Waals surface area contributed by atoms with Crippen LogP contribution < -0.4 is 5.32 Å². The number of hydrogen-bond donors (Lipinski definition) is 1. The molecule has 5 heteroatoms. The molecule has 0 saturated carbocycles. The molecule has 0 aliphatic carbocycles. The fraction of sp³-hybridized carbons (Fsp3) is 0.636. The highest BCUT2D eigenvalue weighted by Crippen LogP contribution is 2.30. The number of nitrogens with one attached hydrogen (secondary N) is 1. The molecule has 0 bridgehead atoms. The van der Waals surface area contributed by atoms with Crippen LogP contribution in [0.1, 0.15) is 22.7 Å². The Balaban J connectivity index is 1.72. The number of rotatable bonds is 1. The maximum atomic E-state index is 12.1. The lowest BCUT2D eigenvalue weighted by Gasteiger charge is -2.50. The van der Waals surface area contributed by atoms with Gasteiger partial charge in [0.25, 0.3) is 5.91 Å². The molecule has 2 fully saturated rings. The Morgan fingerprint density at radius 3 is 3.25 bits per heavy atom. The molecule has 16 heavy (non-hydrogen) atoms. The highest BCUT2D eigenvalue weighted by Gasteiger charge is 2.43. The van der Waals surface area contributed by atoms with Crippen LogP contribution in [0.4, 0.5) is 0 Å². The van der Waals surface area contributed by atoms with Crippen molar-refractivity contribution in [2.45, 2.75) is 19.4 Å².